The Bertz CT molecular complexity index is 898. The zero-order valence-electron chi connectivity index (χ0n) is 14.1. The molecule has 0 bridgehead atoms. The van der Waals surface area contributed by atoms with Crippen molar-refractivity contribution in [3.05, 3.63) is 59.4 Å². The van der Waals surface area contributed by atoms with Gasteiger partial charge >= 0.3 is 0 Å². The van der Waals surface area contributed by atoms with E-state index >= 15 is 0 Å². The summed E-state index contributed by atoms with van der Waals surface area (Å²) in [7, 11) is 0. The van der Waals surface area contributed by atoms with Gasteiger partial charge in [0.25, 0.3) is 0 Å². The van der Waals surface area contributed by atoms with Crippen LogP contribution >= 0.6 is 11.3 Å². The second-order valence-corrected chi connectivity index (χ2v) is 6.83. The number of ether oxygens (including phenoxy) is 1. The fourth-order valence-corrected chi connectivity index (χ4v) is 3.60. The molecule has 1 aromatic carbocycles. The van der Waals surface area contributed by atoms with Crippen LogP contribution in [0.5, 0.6) is 0 Å². The van der Waals surface area contributed by atoms with E-state index in [1.165, 1.54) is 17.4 Å². The molecular weight excluding hydrogens is 321 g/mol. The lowest BCUT2D eigenvalue weighted by Gasteiger charge is -2.13. The molecule has 0 spiro atoms. The van der Waals surface area contributed by atoms with Gasteiger partial charge in [0, 0.05) is 16.3 Å². The van der Waals surface area contributed by atoms with Crippen molar-refractivity contribution in [2.75, 3.05) is 6.61 Å². The van der Waals surface area contributed by atoms with Gasteiger partial charge in [-0.1, -0.05) is 32.6 Å². The molecule has 0 aliphatic rings. The summed E-state index contributed by atoms with van der Waals surface area (Å²) >= 11 is 1.41. The standard InChI is InChI=1S/C20H20FNOS/c1-5-23-13(4)18-9-14(12(2)3)10-19(22-18)16-11-24-20-15(16)7-6-8-17(20)21/h6-12H,4-5H2,1-3H3. The molecule has 3 aromatic rings. The van der Waals surface area contributed by atoms with Gasteiger partial charge in [-0.15, -0.1) is 11.3 Å². The van der Waals surface area contributed by atoms with Crippen molar-refractivity contribution in [3.8, 4) is 11.3 Å². The Morgan fingerprint density at radius 2 is 2.12 bits per heavy atom. The average Bonchev–Trinajstić information content (AvgIpc) is 3.00. The lowest BCUT2D eigenvalue weighted by atomic mass is 9.99. The number of hydrogen-bond acceptors (Lipinski definition) is 3. The molecule has 0 atom stereocenters. The molecule has 2 heterocycles. The first-order valence-electron chi connectivity index (χ1n) is 8.01. The van der Waals surface area contributed by atoms with E-state index < -0.39 is 0 Å². The largest absolute Gasteiger partial charge is 0.492 e. The Kier molecular flexibility index (Phi) is 4.67. The molecule has 2 aromatic heterocycles. The van der Waals surface area contributed by atoms with Gasteiger partial charge in [0.15, 0.2) is 0 Å². The normalized spacial score (nSPS) is 11.2. The third-order valence-electron chi connectivity index (χ3n) is 3.95. The highest BCUT2D eigenvalue weighted by Gasteiger charge is 2.15. The zero-order valence-corrected chi connectivity index (χ0v) is 14.9. The van der Waals surface area contributed by atoms with Crippen LogP contribution in [0.15, 0.2) is 42.3 Å². The molecule has 0 N–H and O–H groups in total. The van der Waals surface area contributed by atoms with E-state index in [1.807, 2.05) is 24.4 Å². The minimum absolute atomic E-state index is 0.192. The van der Waals surface area contributed by atoms with E-state index in [0.29, 0.717) is 23.0 Å². The second-order valence-electron chi connectivity index (χ2n) is 5.95. The number of aromatic nitrogens is 1. The fourth-order valence-electron chi connectivity index (χ4n) is 2.63. The number of rotatable bonds is 5. The van der Waals surface area contributed by atoms with Crippen molar-refractivity contribution in [1.82, 2.24) is 4.98 Å². The third kappa shape index (κ3) is 3.06. The maximum absolute atomic E-state index is 14.0. The molecule has 124 valence electrons. The Morgan fingerprint density at radius 1 is 1.33 bits per heavy atom. The molecule has 24 heavy (non-hydrogen) atoms. The van der Waals surface area contributed by atoms with Gasteiger partial charge in [-0.05, 0) is 36.6 Å². The van der Waals surface area contributed by atoms with Crippen molar-refractivity contribution in [2.45, 2.75) is 26.7 Å². The number of nitrogens with zero attached hydrogens (tertiary/aromatic N) is 1. The zero-order chi connectivity index (χ0) is 17.3. The quantitative estimate of drug-likeness (QED) is 0.513. The predicted molar refractivity (Wildman–Crippen MR) is 99.8 cm³/mol. The Labute approximate surface area is 145 Å². The number of fused-ring (bicyclic) bond motifs is 1. The lowest BCUT2D eigenvalue weighted by Crippen LogP contribution is -1.99. The summed E-state index contributed by atoms with van der Waals surface area (Å²) in [6.07, 6.45) is 0. The number of hydrogen-bond donors (Lipinski definition) is 0. The van der Waals surface area contributed by atoms with Crippen LogP contribution in [-0.4, -0.2) is 11.6 Å². The molecule has 0 saturated heterocycles. The first-order chi connectivity index (χ1) is 11.5. The monoisotopic (exact) mass is 341 g/mol. The van der Waals surface area contributed by atoms with Gasteiger partial charge in [-0.25, -0.2) is 9.37 Å². The highest BCUT2D eigenvalue weighted by Crippen LogP contribution is 2.36. The van der Waals surface area contributed by atoms with Crippen molar-refractivity contribution in [3.63, 3.8) is 0 Å². The third-order valence-corrected chi connectivity index (χ3v) is 4.95. The Balaban J connectivity index is 2.18. The molecule has 0 saturated carbocycles. The SMILES string of the molecule is C=C(OCC)c1cc(C(C)C)cc(-c2csc3c(F)cccc23)n1. The molecule has 0 fully saturated rings. The van der Waals surface area contributed by atoms with Gasteiger partial charge in [0.2, 0.25) is 0 Å². The second kappa shape index (κ2) is 6.73. The highest BCUT2D eigenvalue weighted by molar-refractivity contribution is 7.17. The molecule has 0 amide bonds. The van der Waals surface area contributed by atoms with Crippen LogP contribution in [-0.2, 0) is 4.74 Å². The highest BCUT2D eigenvalue weighted by atomic mass is 32.1. The van der Waals surface area contributed by atoms with Gasteiger partial charge in [-0.2, -0.15) is 0 Å². The molecule has 0 radical (unpaired) electrons. The van der Waals surface area contributed by atoms with Crippen LogP contribution in [0, 0.1) is 5.82 Å². The van der Waals surface area contributed by atoms with Crippen LogP contribution < -0.4 is 0 Å². The number of halogens is 1. The van der Waals surface area contributed by atoms with Crippen LogP contribution in [0.2, 0.25) is 0 Å². The molecular formula is C20H20FNOS. The summed E-state index contributed by atoms with van der Waals surface area (Å²) in [5.41, 5.74) is 3.66. The van der Waals surface area contributed by atoms with Crippen LogP contribution in [0.1, 0.15) is 37.9 Å². The first kappa shape index (κ1) is 16.7. The molecule has 4 heteroatoms. The van der Waals surface area contributed by atoms with Gasteiger partial charge in [0.1, 0.15) is 17.3 Å². The summed E-state index contributed by atoms with van der Waals surface area (Å²) in [6.45, 7) is 10.7. The maximum Gasteiger partial charge on any atom is 0.141 e. The van der Waals surface area contributed by atoms with Crippen LogP contribution in [0.4, 0.5) is 4.39 Å². The summed E-state index contributed by atoms with van der Waals surface area (Å²) < 4.78 is 20.2. The first-order valence-corrected chi connectivity index (χ1v) is 8.89. The summed E-state index contributed by atoms with van der Waals surface area (Å²) in [5.74, 6) is 0.719. The number of pyridine rings is 1. The summed E-state index contributed by atoms with van der Waals surface area (Å²) in [4.78, 5) is 4.72. The van der Waals surface area contributed by atoms with E-state index in [0.717, 1.165) is 27.9 Å². The topological polar surface area (TPSA) is 22.1 Å². The van der Waals surface area contributed by atoms with E-state index in [2.05, 4.69) is 26.5 Å². The van der Waals surface area contributed by atoms with Gasteiger partial charge in [-0.3, -0.25) is 0 Å². The summed E-state index contributed by atoms with van der Waals surface area (Å²) in [6, 6.07) is 9.25. The fraction of sp³-hybridized carbons (Fsp3) is 0.250. The van der Waals surface area contributed by atoms with Crippen LogP contribution in [0.25, 0.3) is 27.1 Å². The van der Waals surface area contributed by atoms with E-state index in [9.17, 15) is 4.39 Å². The van der Waals surface area contributed by atoms with Crippen LogP contribution in [0.3, 0.4) is 0 Å². The van der Waals surface area contributed by atoms with E-state index in [4.69, 9.17) is 9.72 Å². The van der Waals surface area contributed by atoms with Crippen molar-refractivity contribution < 1.29 is 9.13 Å². The summed E-state index contributed by atoms with van der Waals surface area (Å²) in [5, 5.41) is 2.86. The minimum atomic E-state index is -0.192. The van der Waals surface area contributed by atoms with Crippen molar-refractivity contribution in [1.29, 1.82) is 0 Å². The number of thiophene rings is 1. The van der Waals surface area contributed by atoms with E-state index in [1.54, 1.807) is 6.07 Å². The Hall–Kier alpha value is -2.20. The van der Waals surface area contributed by atoms with Crippen molar-refractivity contribution >= 4 is 27.2 Å². The number of benzene rings is 1. The predicted octanol–water partition coefficient (Wildman–Crippen LogP) is 6.23. The van der Waals surface area contributed by atoms with Gasteiger partial charge in [0.05, 0.1) is 17.0 Å². The van der Waals surface area contributed by atoms with Gasteiger partial charge < -0.3 is 4.74 Å². The Morgan fingerprint density at radius 3 is 2.83 bits per heavy atom. The van der Waals surface area contributed by atoms with E-state index in [-0.39, 0.29) is 5.82 Å². The molecule has 0 aliphatic heterocycles. The molecule has 3 rings (SSSR count). The molecule has 2 nitrogen and oxygen atoms in total. The molecule has 0 unspecified atom stereocenters. The lowest BCUT2D eigenvalue weighted by molar-refractivity contribution is 0.298. The molecule has 0 aliphatic carbocycles. The average molecular weight is 341 g/mol. The smallest absolute Gasteiger partial charge is 0.141 e. The minimum Gasteiger partial charge on any atom is -0.492 e. The van der Waals surface area contributed by atoms with Crippen molar-refractivity contribution in [2.24, 2.45) is 0 Å². The maximum atomic E-state index is 14.0.